The Kier molecular flexibility index (Phi) is 5.46. The fourth-order valence-corrected chi connectivity index (χ4v) is 4.24. The molecule has 0 radical (unpaired) electrons. The Balaban J connectivity index is 1.53. The maximum absolute atomic E-state index is 13.6. The third-order valence-corrected chi connectivity index (χ3v) is 5.80. The standard InChI is InChI=1S/C24H19F3N6O2/c1-24(26,27)22(35)31-18-10-20(34)32(21(18)14-5-3-2-4-6-14)17-7-8-19-15(9-17)11-30-33(19)23-28-12-16(25)13-29-23/h2-9,11-13,18,21H,10H2,1H3,(H,31,35). The minimum atomic E-state index is -3.58. The van der Waals surface area contributed by atoms with Gasteiger partial charge in [-0.3, -0.25) is 9.59 Å². The van der Waals surface area contributed by atoms with Crippen LogP contribution in [-0.4, -0.2) is 43.5 Å². The topological polar surface area (TPSA) is 93.0 Å². The van der Waals surface area contributed by atoms with Gasteiger partial charge in [-0.25, -0.2) is 14.4 Å². The summed E-state index contributed by atoms with van der Waals surface area (Å²) in [5.74, 6) is -5.73. The van der Waals surface area contributed by atoms with Gasteiger partial charge in [0.05, 0.1) is 36.2 Å². The SMILES string of the molecule is CC(F)(F)C(=O)NC1CC(=O)N(c2ccc3c(cnn3-c3ncc(F)cn3)c2)C1c1ccccc1. The van der Waals surface area contributed by atoms with Crippen LogP contribution in [-0.2, 0) is 9.59 Å². The number of carbonyl (C=O) groups excluding carboxylic acids is 2. The van der Waals surface area contributed by atoms with Crippen molar-refractivity contribution in [2.24, 2.45) is 0 Å². The lowest BCUT2D eigenvalue weighted by atomic mass is 9.99. The van der Waals surface area contributed by atoms with Crippen LogP contribution in [0.5, 0.6) is 0 Å². The van der Waals surface area contributed by atoms with E-state index in [9.17, 15) is 22.8 Å². The maximum Gasteiger partial charge on any atom is 0.321 e. The van der Waals surface area contributed by atoms with Gasteiger partial charge < -0.3 is 10.2 Å². The molecule has 178 valence electrons. The molecular formula is C24H19F3N6O2. The lowest BCUT2D eigenvalue weighted by molar-refractivity contribution is -0.143. The molecule has 3 heterocycles. The highest BCUT2D eigenvalue weighted by atomic mass is 19.3. The number of alkyl halides is 2. The van der Waals surface area contributed by atoms with Crippen LogP contribution >= 0.6 is 0 Å². The van der Waals surface area contributed by atoms with Gasteiger partial charge in [-0.1, -0.05) is 30.3 Å². The van der Waals surface area contributed by atoms with Crippen LogP contribution in [0.25, 0.3) is 16.9 Å². The normalized spacial score (nSPS) is 18.3. The van der Waals surface area contributed by atoms with Gasteiger partial charge in [0, 0.05) is 24.4 Å². The number of nitrogens with zero attached hydrogens (tertiary/aromatic N) is 5. The molecule has 4 aromatic rings. The first-order valence-corrected chi connectivity index (χ1v) is 10.7. The van der Waals surface area contributed by atoms with Crippen molar-refractivity contribution in [2.45, 2.75) is 31.4 Å². The van der Waals surface area contributed by atoms with Gasteiger partial charge in [0.1, 0.15) is 0 Å². The van der Waals surface area contributed by atoms with E-state index in [1.807, 2.05) is 0 Å². The summed E-state index contributed by atoms with van der Waals surface area (Å²) in [7, 11) is 0. The average molecular weight is 480 g/mol. The quantitative estimate of drug-likeness (QED) is 0.472. The number of rotatable bonds is 5. The van der Waals surface area contributed by atoms with Crippen LogP contribution in [0, 0.1) is 5.82 Å². The molecule has 1 saturated heterocycles. The molecule has 1 N–H and O–H groups in total. The van der Waals surface area contributed by atoms with Crippen molar-refractivity contribution in [3.8, 4) is 5.95 Å². The number of anilines is 1. The Hall–Kier alpha value is -4.28. The van der Waals surface area contributed by atoms with E-state index in [0.29, 0.717) is 29.1 Å². The summed E-state index contributed by atoms with van der Waals surface area (Å²) < 4.78 is 41.8. The molecule has 2 atom stereocenters. The van der Waals surface area contributed by atoms with Crippen molar-refractivity contribution in [1.29, 1.82) is 0 Å². The first-order chi connectivity index (χ1) is 16.7. The lowest BCUT2D eigenvalue weighted by Crippen LogP contribution is -2.46. The summed E-state index contributed by atoms with van der Waals surface area (Å²) in [6, 6.07) is 12.5. The number of fused-ring (bicyclic) bond motifs is 1. The molecule has 8 nitrogen and oxygen atoms in total. The van der Waals surface area contributed by atoms with E-state index < -0.39 is 29.7 Å². The molecule has 1 fully saturated rings. The Morgan fingerprint density at radius 3 is 2.49 bits per heavy atom. The number of carbonyl (C=O) groups is 2. The fourth-order valence-electron chi connectivity index (χ4n) is 4.24. The molecule has 0 bridgehead atoms. The third kappa shape index (κ3) is 4.20. The Labute approximate surface area is 197 Å². The van der Waals surface area contributed by atoms with E-state index >= 15 is 0 Å². The molecule has 11 heteroatoms. The van der Waals surface area contributed by atoms with Crippen LogP contribution in [0.4, 0.5) is 18.9 Å². The molecule has 0 saturated carbocycles. The van der Waals surface area contributed by atoms with E-state index in [2.05, 4.69) is 20.4 Å². The molecule has 0 spiro atoms. The van der Waals surface area contributed by atoms with Gasteiger partial charge in [-0.15, -0.1) is 0 Å². The number of hydrogen-bond acceptors (Lipinski definition) is 5. The van der Waals surface area contributed by atoms with Crippen molar-refractivity contribution >= 4 is 28.4 Å². The van der Waals surface area contributed by atoms with Gasteiger partial charge in [-0.05, 0) is 23.8 Å². The second-order valence-corrected chi connectivity index (χ2v) is 8.29. The number of halogens is 3. The molecule has 1 aliphatic rings. The summed E-state index contributed by atoms with van der Waals surface area (Å²) in [6.07, 6.45) is 3.49. The molecular weight excluding hydrogens is 461 g/mol. The predicted octanol–water partition coefficient (Wildman–Crippen LogP) is 3.57. The molecule has 0 aliphatic carbocycles. The van der Waals surface area contributed by atoms with Crippen molar-refractivity contribution in [1.82, 2.24) is 25.1 Å². The van der Waals surface area contributed by atoms with E-state index in [0.717, 1.165) is 12.4 Å². The average Bonchev–Trinajstić information content (AvgIpc) is 3.39. The smallest absolute Gasteiger partial charge is 0.321 e. The minimum absolute atomic E-state index is 0.137. The van der Waals surface area contributed by atoms with Gasteiger partial charge in [0.15, 0.2) is 5.82 Å². The third-order valence-electron chi connectivity index (χ3n) is 5.80. The zero-order valence-electron chi connectivity index (χ0n) is 18.4. The van der Waals surface area contributed by atoms with Crippen LogP contribution in [0.2, 0.25) is 0 Å². The van der Waals surface area contributed by atoms with E-state index in [4.69, 9.17) is 0 Å². The summed E-state index contributed by atoms with van der Waals surface area (Å²) in [4.78, 5) is 34.5. The highest BCUT2D eigenvalue weighted by Crippen LogP contribution is 2.39. The minimum Gasteiger partial charge on any atom is -0.345 e. The fraction of sp³-hybridized carbons (Fsp3) is 0.208. The first kappa shape index (κ1) is 22.5. The Bertz CT molecular complexity index is 1400. The number of nitrogens with one attached hydrogen (secondary N) is 1. The van der Waals surface area contributed by atoms with Crippen molar-refractivity contribution in [2.75, 3.05) is 4.90 Å². The highest BCUT2D eigenvalue weighted by molar-refractivity contribution is 6.00. The number of amides is 2. The van der Waals surface area contributed by atoms with E-state index in [1.54, 1.807) is 54.7 Å². The maximum atomic E-state index is 13.6. The highest BCUT2D eigenvalue weighted by Gasteiger charge is 2.45. The monoisotopic (exact) mass is 480 g/mol. The molecule has 1 aliphatic heterocycles. The lowest BCUT2D eigenvalue weighted by Gasteiger charge is -2.29. The van der Waals surface area contributed by atoms with Crippen molar-refractivity contribution in [3.05, 3.63) is 78.5 Å². The molecule has 35 heavy (non-hydrogen) atoms. The van der Waals surface area contributed by atoms with Gasteiger partial charge in [0.2, 0.25) is 5.91 Å². The predicted molar refractivity (Wildman–Crippen MR) is 120 cm³/mol. The Morgan fingerprint density at radius 1 is 1.09 bits per heavy atom. The molecule has 2 aromatic heterocycles. The second kappa shape index (κ2) is 8.49. The molecule has 5 rings (SSSR count). The van der Waals surface area contributed by atoms with E-state index in [1.165, 1.54) is 9.58 Å². The second-order valence-electron chi connectivity index (χ2n) is 8.29. The van der Waals surface area contributed by atoms with E-state index in [-0.39, 0.29) is 18.3 Å². The van der Waals surface area contributed by atoms with Crippen LogP contribution in [0.3, 0.4) is 0 Å². The summed E-state index contributed by atoms with van der Waals surface area (Å²) in [6.45, 7) is 0.519. The van der Waals surface area contributed by atoms with Gasteiger partial charge in [0.25, 0.3) is 11.9 Å². The Morgan fingerprint density at radius 2 is 1.80 bits per heavy atom. The first-order valence-electron chi connectivity index (χ1n) is 10.7. The summed E-state index contributed by atoms with van der Waals surface area (Å²) in [5.41, 5.74) is 1.83. The van der Waals surface area contributed by atoms with Crippen LogP contribution in [0.1, 0.15) is 24.9 Å². The summed E-state index contributed by atoms with van der Waals surface area (Å²) in [5, 5.41) is 7.27. The van der Waals surface area contributed by atoms with Crippen LogP contribution in [0.15, 0.2) is 67.1 Å². The number of aromatic nitrogens is 4. The summed E-state index contributed by atoms with van der Waals surface area (Å²) >= 11 is 0. The van der Waals surface area contributed by atoms with Gasteiger partial charge >= 0.3 is 5.92 Å². The van der Waals surface area contributed by atoms with Gasteiger partial charge in [-0.2, -0.15) is 18.6 Å². The number of benzene rings is 2. The largest absolute Gasteiger partial charge is 0.345 e. The zero-order chi connectivity index (χ0) is 24.7. The number of hydrogen-bond donors (Lipinski definition) is 1. The zero-order valence-corrected chi connectivity index (χ0v) is 18.4. The molecule has 2 unspecified atom stereocenters. The van der Waals surface area contributed by atoms with Crippen molar-refractivity contribution in [3.63, 3.8) is 0 Å². The van der Waals surface area contributed by atoms with Crippen LogP contribution < -0.4 is 10.2 Å². The molecule has 2 aromatic carbocycles. The van der Waals surface area contributed by atoms with Crippen molar-refractivity contribution < 1.29 is 22.8 Å². The molecule has 2 amide bonds.